The smallest absolute Gasteiger partial charge is 0.125 e. The summed E-state index contributed by atoms with van der Waals surface area (Å²) >= 11 is 0. The van der Waals surface area contributed by atoms with Gasteiger partial charge >= 0.3 is 0 Å². The molecule has 0 nitrogen and oxygen atoms in total. The summed E-state index contributed by atoms with van der Waals surface area (Å²) in [6.45, 7) is 6.90. The Kier molecular flexibility index (Phi) is 3.69. The van der Waals surface area contributed by atoms with E-state index in [1.807, 2.05) is 6.92 Å². The maximum absolute atomic E-state index is 12.4. The standard InChI is InChI=1S/C8H11F/c1-4-5-6-8(9)7(2)3/h4-6H,2H2,1,3H3/b5-4-,8-6+. The molecule has 0 aliphatic carbocycles. The summed E-state index contributed by atoms with van der Waals surface area (Å²) in [7, 11) is 0. The molecule has 0 unspecified atom stereocenters. The molecule has 0 aromatic heterocycles. The lowest BCUT2D eigenvalue weighted by Gasteiger charge is -1.88. The van der Waals surface area contributed by atoms with Gasteiger partial charge in [-0.1, -0.05) is 18.7 Å². The second-order valence-corrected chi connectivity index (χ2v) is 1.82. The molecule has 0 aliphatic rings. The van der Waals surface area contributed by atoms with Gasteiger partial charge in [0.1, 0.15) is 5.83 Å². The zero-order valence-electron chi connectivity index (χ0n) is 5.82. The quantitative estimate of drug-likeness (QED) is 0.499. The van der Waals surface area contributed by atoms with Crippen molar-refractivity contribution in [1.82, 2.24) is 0 Å². The van der Waals surface area contributed by atoms with Crippen LogP contribution in [0.1, 0.15) is 13.8 Å². The maximum Gasteiger partial charge on any atom is 0.125 e. The molecule has 0 N–H and O–H groups in total. The predicted molar refractivity (Wildman–Crippen MR) is 38.8 cm³/mol. The molecule has 9 heavy (non-hydrogen) atoms. The Morgan fingerprint density at radius 2 is 2.11 bits per heavy atom. The summed E-state index contributed by atoms with van der Waals surface area (Å²) in [6.07, 6.45) is 4.80. The van der Waals surface area contributed by atoms with Crippen LogP contribution in [0.4, 0.5) is 4.39 Å². The molecule has 0 aliphatic heterocycles. The average molecular weight is 126 g/mol. The Bertz CT molecular complexity index is 152. The number of halogens is 1. The van der Waals surface area contributed by atoms with E-state index >= 15 is 0 Å². The van der Waals surface area contributed by atoms with Gasteiger partial charge in [-0.2, -0.15) is 0 Å². The minimum absolute atomic E-state index is 0.256. The van der Waals surface area contributed by atoms with Gasteiger partial charge in [0.15, 0.2) is 0 Å². The van der Waals surface area contributed by atoms with Gasteiger partial charge in [-0.25, -0.2) is 4.39 Å². The molecule has 0 spiro atoms. The van der Waals surface area contributed by atoms with E-state index in [0.29, 0.717) is 5.57 Å². The Morgan fingerprint density at radius 1 is 1.56 bits per heavy atom. The average Bonchev–Trinajstić information content (AvgIpc) is 1.82. The van der Waals surface area contributed by atoms with Crippen LogP contribution in [0.5, 0.6) is 0 Å². The van der Waals surface area contributed by atoms with E-state index in [2.05, 4.69) is 6.58 Å². The fourth-order valence-corrected chi connectivity index (χ4v) is 0.323. The van der Waals surface area contributed by atoms with Gasteiger partial charge in [-0.05, 0) is 25.5 Å². The maximum atomic E-state index is 12.4. The molecule has 0 rings (SSSR count). The lowest BCUT2D eigenvalue weighted by atomic mass is 10.3. The monoisotopic (exact) mass is 126 g/mol. The third kappa shape index (κ3) is 3.71. The highest BCUT2D eigenvalue weighted by atomic mass is 19.1. The molecule has 0 fully saturated rings. The minimum atomic E-state index is -0.256. The van der Waals surface area contributed by atoms with Crippen LogP contribution in [0, 0.1) is 0 Å². The Labute approximate surface area is 55.4 Å². The lowest BCUT2D eigenvalue weighted by molar-refractivity contribution is 0.652. The zero-order chi connectivity index (χ0) is 7.28. The van der Waals surface area contributed by atoms with Gasteiger partial charge in [0.2, 0.25) is 0 Å². The molecule has 0 radical (unpaired) electrons. The summed E-state index contributed by atoms with van der Waals surface area (Å²) in [5.74, 6) is -0.256. The van der Waals surface area contributed by atoms with Crippen molar-refractivity contribution in [1.29, 1.82) is 0 Å². The molecule has 1 heteroatoms. The zero-order valence-corrected chi connectivity index (χ0v) is 5.82. The van der Waals surface area contributed by atoms with Crippen LogP contribution in [-0.4, -0.2) is 0 Å². The van der Waals surface area contributed by atoms with Gasteiger partial charge in [0, 0.05) is 0 Å². The van der Waals surface area contributed by atoms with Gasteiger partial charge in [-0.15, -0.1) is 0 Å². The highest BCUT2D eigenvalue weighted by Gasteiger charge is 1.88. The summed E-state index contributed by atoms with van der Waals surface area (Å²) in [5, 5.41) is 0. The topological polar surface area (TPSA) is 0 Å². The Balaban J connectivity index is 4.00. The van der Waals surface area contributed by atoms with Crippen LogP contribution in [0.25, 0.3) is 0 Å². The molecule has 0 bridgehead atoms. The molecule has 0 amide bonds. The molecule has 0 atom stereocenters. The molecule has 0 aromatic rings. The van der Waals surface area contributed by atoms with Crippen molar-refractivity contribution in [2.24, 2.45) is 0 Å². The first-order valence-electron chi connectivity index (χ1n) is 2.83. The second kappa shape index (κ2) is 4.07. The van der Waals surface area contributed by atoms with Gasteiger partial charge < -0.3 is 0 Å². The molecule has 0 saturated heterocycles. The van der Waals surface area contributed by atoms with Crippen molar-refractivity contribution in [2.75, 3.05) is 0 Å². The highest BCUT2D eigenvalue weighted by Crippen LogP contribution is 2.06. The van der Waals surface area contributed by atoms with Crippen LogP contribution in [-0.2, 0) is 0 Å². The van der Waals surface area contributed by atoms with E-state index < -0.39 is 0 Å². The normalized spacial score (nSPS) is 12.6. The first-order chi connectivity index (χ1) is 4.18. The number of rotatable bonds is 2. The number of hydrogen-bond donors (Lipinski definition) is 0. The lowest BCUT2D eigenvalue weighted by Crippen LogP contribution is -1.70. The molecule has 0 aromatic carbocycles. The van der Waals surface area contributed by atoms with E-state index in [-0.39, 0.29) is 5.83 Å². The van der Waals surface area contributed by atoms with Crippen molar-refractivity contribution < 1.29 is 4.39 Å². The Hall–Kier alpha value is -0.850. The van der Waals surface area contributed by atoms with Crippen molar-refractivity contribution in [3.05, 3.63) is 36.2 Å². The van der Waals surface area contributed by atoms with Crippen molar-refractivity contribution in [3.8, 4) is 0 Å². The van der Waals surface area contributed by atoms with Gasteiger partial charge in [0.25, 0.3) is 0 Å². The molecule has 0 heterocycles. The molecular weight excluding hydrogens is 115 g/mol. The van der Waals surface area contributed by atoms with Crippen LogP contribution in [0.15, 0.2) is 36.2 Å². The van der Waals surface area contributed by atoms with E-state index in [1.165, 1.54) is 6.08 Å². The first kappa shape index (κ1) is 8.15. The van der Waals surface area contributed by atoms with E-state index in [0.717, 1.165) is 0 Å². The van der Waals surface area contributed by atoms with Crippen molar-refractivity contribution >= 4 is 0 Å². The van der Waals surface area contributed by atoms with Crippen LogP contribution >= 0.6 is 0 Å². The fraction of sp³-hybridized carbons (Fsp3) is 0.250. The third-order valence-corrected chi connectivity index (χ3v) is 0.843. The number of hydrogen-bond acceptors (Lipinski definition) is 0. The second-order valence-electron chi connectivity index (χ2n) is 1.82. The summed E-state index contributed by atoms with van der Waals surface area (Å²) < 4.78 is 12.4. The van der Waals surface area contributed by atoms with Crippen LogP contribution in [0.2, 0.25) is 0 Å². The first-order valence-corrected chi connectivity index (χ1v) is 2.83. The van der Waals surface area contributed by atoms with E-state index in [4.69, 9.17) is 0 Å². The highest BCUT2D eigenvalue weighted by molar-refractivity contribution is 5.23. The molecule has 50 valence electrons. The Morgan fingerprint density at radius 3 is 2.44 bits per heavy atom. The van der Waals surface area contributed by atoms with Crippen LogP contribution in [0.3, 0.4) is 0 Å². The van der Waals surface area contributed by atoms with Gasteiger partial charge in [-0.3, -0.25) is 0 Å². The fourth-order valence-electron chi connectivity index (χ4n) is 0.323. The predicted octanol–water partition coefficient (Wildman–Crippen LogP) is 2.99. The largest absolute Gasteiger partial charge is 0.207 e. The van der Waals surface area contributed by atoms with Crippen molar-refractivity contribution in [2.45, 2.75) is 13.8 Å². The van der Waals surface area contributed by atoms with Gasteiger partial charge in [0.05, 0.1) is 0 Å². The third-order valence-electron chi connectivity index (χ3n) is 0.843. The summed E-state index contributed by atoms with van der Waals surface area (Å²) in [5.41, 5.74) is 0.466. The SMILES string of the molecule is C=C(C)/C(F)=C\C=C/C. The van der Waals surface area contributed by atoms with Crippen molar-refractivity contribution in [3.63, 3.8) is 0 Å². The summed E-state index contributed by atoms with van der Waals surface area (Å²) in [4.78, 5) is 0. The minimum Gasteiger partial charge on any atom is -0.207 e. The van der Waals surface area contributed by atoms with E-state index in [1.54, 1.807) is 19.1 Å². The molecular formula is C8H11F. The summed E-state index contributed by atoms with van der Waals surface area (Å²) in [6, 6.07) is 0. The van der Waals surface area contributed by atoms with E-state index in [9.17, 15) is 4.39 Å². The van der Waals surface area contributed by atoms with Crippen LogP contribution < -0.4 is 0 Å². The number of allylic oxidation sites excluding steroid dienone is 5. The molecule has 0 saturated carbocycles.